The van der Waals surface area contributed by atoms with E-state index in [4.69, 9.17) is 4.52 Å². The van der Waals surface area contributed by atoms with Crippen LogP contribution in [0.4, 0.5) is 0 Å². The van der Waals surface area contributed by atoms with Crippen molar-refractivity contribution >= 4 is 17.7 Å². The molecule has 1 amide bonds. The number of aryl methyl sites for hydroxylation is 1. The summed E-state index contributed by atoms with van der Waals surface area (Å²) < 4.78 is 5.29. The van der Waals surface area contributed by atoms with E-state index in [9.17, 15) is 4.79 Å². The second-order valence-corrected chi connectivity index (χ2v) is 7.13. The molecule has 0 spiro atoms. The fourth-order valence-corrected chi connectivity index (χ4v) is 2.87. The highest BCUT2D eigenvalue weighted by atomic mass is 32.2. The van der Waals surface area contributed by atoms with E-state index in [2.05, 4.69) is 34.5 Å². The Kier molecular flexibility index (Phi) is 5.00. The maximum absolute atomic E-state index is 11.9. The van der Waals surface area contributed by atoms with E-state index in [0.717, 1.165) is 24.8 Å². The second-order valence-electron chi connectivity index (χ2n) is 5.80. The summed E-state index contributed by atoms with van der Waals surface area (Å²) in [6.07, 6.45) is 3.22. The number of carbonyl (C=O) groups is 1. The number of nitrogens with one attached hydrogen (secondary N) is 1. The molecule has 0 radical (unpaired) electrons. The quantitative estimate of drug-likeness (QED) is 0.844. The van der Waals surface area contributed by atoms with Crippen molar-refractivity contribution < 1.29 is 9.32 Å². The Balaban J connectivity index is 1.54. The van der Waals surface area contributed by atoms with Gasteiger partial charge in [-0.15, -0.1) is 11.8 Å². The number of thioether (sulfide) groups is 1. The number of hydrogen-bond acceptors (Lipinski definition) is 5. The molecule has 2 aromatic rings. The number of rotatable bonds is 7. The molecule has 5 nitrogen and oxygen atoms in total. The van der Waals surface area contributed by atoms with Crippen LogP contribution >= 0.6 is 11.8 Å². The molecule has 1 N–H and O–H groups in total. The van der Waals surface area contributed by atoms with Gasteiger partial charge in [0.15, 0.2) is 0 Å². The average molecular weight is 331 g/mol. The summed E-state index contributed by atoms with van der Waals surface area (Å²) in [5.74, 6) is 1.78. The first kappa shape index (κ1) is 16.1. The van der Waals surface area contributed by atoms with Gasteiger partial charge in [-0.05, 0) is 31.7 Å². The average Bonchev–Trinajstić information content (AvgIpc) is 3.26. The molecule has 1 aliphatic carbocycles. The molecule has 122 valence electrons. The fourth-order valence-electron chi connectivity index (χ4n) is 2.14. The highest BCUT2D eigenvalue weighted by molar-refractivity contribution is 7.99. The van der Waals surface area contributed by atoms with E-state index in [1.165, 1.54) is 17.3 Å². The van der Waals surface area contributed by atoms with E-state index in [0.29, 0.717) is 23.5 Å². The first-order valence-corrected chi connectivity index (χ1v) is 9.04. The van der Waals surface area contributed by atoms with Crippen molar-refractivity contribution in [3.05, 3.63) is 35.7 Å². The van der Waals surface area contributed by atoms with Crippen LogP contribution in [0.15, 0.2) is 28.8 Å². The summed E-state index contributed by atoms with van der Waals surface area (Å²) in [7, 11) is 0. The molecule has 1 aromatic heterocycles. The zero-order chi connectivity index (χ0) is 16.2. The Labute approximate surface area is 140 Å². The molecular weight excluding hydrogens is 310 g/mol. The van der Waals surface area contributed by atoms with E-state index in [1.807, 2.05) is 19.1 Å². The topological polar surface area (TPSA) is 68.0 Å². The van der Waals surface area contributed by atoms with Gasteiger partial charge in [0, 0.05) is 11.6 Å². The SMILES string of the molecule is CCc1ccc(-c2noc(CSC(C)C(=O)NC3CC3)n2)cc1. The number of benzene rings is 1. The van der Waals surface area contributed by atoms with Gasteiger partial charge in [-0.25, -0.2) is 0 Å². The molecule has 0 saturated heterocycles. The standard InChI is InChI=1S/C17H21N3O2S/c1-3-12-4-6-13(7-5-12)16-19-15(22-20-16)10-23-11(2)17(21)18-14-8-9-14/h4-7,11,14H,3,8-10H2,1-2H3,(H,18,21). The van der Waals surface area contributed by atoms with Gasteiger partial charge in [-0.1, -0.05) is 36.3 Å². The third-order valence-electron chi connectivity index (χ3n) is 3.84. The molecule has 1 heterocycles. The minimum absolute atomic E-state index is 0.0902. The van der Waals surface area contributed by atoms with Crippen LogP contribution in [0.2, 0.25) is 0 Å². The maximum Gasteiger partial charge on any atom is 0.236 e. The van der Waals surface area contributed by atoms with E-state index in [1.54, 1.807) is 0 Å². The van der Waals surface area contributed by atoms with Gasteiger partial charge in [-0.3, -0.25) is 4.79 Å². The number of aromatic nitrogens is 2. The van der Waals surface area contributed by atoms with Crippen molar-refractivity contribution in [3.8, 4) is 11.4 Å². The Bertz CT molecular complexity index is 665. The van der Waals surface area contributed by atoms with Crippen molar-refractivity contribution in [1.82, 2.24) is 15.5 Å². The van der Waals surface area contributed by atoms with Gasteiger partial charge in [-0.2, -0.15) is 4.98 Å². The number of amides is 1. The minimum Gasteiger partial charge on any atom is -0.352 e. The lowest BCUT2D eigenvalue weighted by molar-refractivity contribution is -0.120. The van der Waals surface area contributed by atoms with Gasteiger partial charge in [0.25, 0.3) is 0 Å². The fraction of sp³-hybridized carbons (Fsp3) is 0.471. The molecule has 1 fully saturated rings. The molecule has 1 aliphatic rings. The van der Waals surface area contributed by atoms with Crippen molar-refractivity contribution in [3.63, 3.8) is 0 Å². The largest absolute Gasteiger partial charge is 0.352 e. The maximum atomic E-state index is 11.9. The predicted octanol–water partition coefficient (Wildman–Crippen LogP) is 3.20. The van der Waals surface area contributed by atoms with Crippen molar-refractivity contribution in [2.24, 2.45) is 0 Å². The molecule has 6 heteroatoms. The number of carbonyl (C=O) groups excluding carboxylic acids is 1. The van der Waals surface area contributed by atoms with Crippen molar-refractivity contribution in [1.29, 1.82) is 0 Å². The lowest BCUT2D eigenvalue weighted by Gasteiger charge is -2.09. The summed E-state index contributed by atoms with van der Waals surface area (Å²) in [5.41, 5.74) is 2.23. The zero-order valence-electron chi connectivity index (χ0n) is 13.4. The monoisotopic (exact) mass is 331 g/mol. The van der Waals surface area contributed by atoms with Crippen LogP contribution in [0.5, 0.6) is 0 Å². The van der Waals surface area contributed by atoms with Gasteiger partial charge in [0.2, 0.25) is 17.6 Å². The van der Waals surface area contributed by atoms with Crippen LogP contribution in [-0.2, 0) is 17.0 Å². The molecule has 0 aliphatic heterocycles. The summed E-state index contributed by atoms with van der Waals surface area (Å²) in [6.45, 7) is 4.03. The Hall–Kier alpha value is -1.82. The number of hydrogen-bond donors (Lipinski definition) is 1. The normalized spacial score (nSPS) is 15.4. The molecule has 1 aromatic carbocycles. The van der Waals surface area contributed by atoms with Crippen molar-refractivity contribution in [2.75, 3.05) is 0 Å². The first-order chi connectivity index (χ1) is 11.2. The highest BCUT2D eigenvalue weighted by Gasteiger charge is 2.26. The van der Waals surface area contributed by atoms with E-state index >= 15 is 0 Å². The van der Waals surface area contributed by atoms with Crippen LogP contribution in [0.3, 0.4) is 0 Å². The van der Waals surface area contributed by atoms with Crippen LogP contribution in [0, 0.1) is 0 Å². The van der Waals surface area contributed by atoms with Gasteiger partial charge < -0.3 is 9.84 Å². The first-order valence-electron chi connectivity index (χ1n) is 7.99. The summed E-state index contributed by atoms with van der Waals surface area (Å²) in [4.78, 5) is 16.3. The highest BCUT2D eigenvalue weighted by Crippen LogP contribution is 2.23. The summed E-state index contributed by atoms with van der Waals surface area (Å²) in [5, 5.41) is 6.91. The zero-order valence-corrected chi connectivity index (χ0v) is 14.2. The van der Waals surface area contributed by atoms with Crippen LogP contribution in [0.1, 0.15) is 38.1 Å². The third kappa shape index (κ3) is 4.34. The number of nitrogens with zero attached hydrogens (tertiary/aromatic N) is 2. The van der Waals surface area contributed by atoms with Crippen LogP contribution in [0.25, 0.3) is 11.4 Å². The van der Waals surface area contributed by atoms with Crippen molar-refractivity contribution in [2.45, 2.75) is 50.2 Å². The summed E-state index contributed by atoms with van der Waals surface area (Å²) in [6, 6.07) is 8.56. The summed E-state index contributed by atoms with van der Waals surface area (Å²) >= 11 is 1.51. The van der Waals surface area contributed by atoms with Gasteiger partial charge in [0.05, 0.1) is 11.0 Å². The lowest BCUT2D eigenvalue weighted by Crippen LogP contribution is -2.32. The molecule has 1 atom stereocenters. The smallest absolute Gasteiger partial charge is 0.236 e. The molecule has 0 bridgehead atoms. The lowest BCUT2D eigenvalue weighted by atomic mass is 10.1. The van der Waals surface area contributed by atoms with Gasteiger partial charge >= 0.3 is 0 Å². The Morgan fingerprint density at radius 1 is 1.39 bits per heavy atom. The minimum atomic E-state index is -0.116. The Morgan fingerprint density at radius 2 is 2.13 bits per heavy atom. The van der Waals surface area contributed by atoms with E-state index in [-0.39, 0.29) is 11.2 Å². The molecule has 3 rings (SSSR count). The molecule has 23 heavy (non-hydrogen) atoms. The third-order valence-corrected chi connectivity index (χ3v) is 4.97. The second kappa shape index (κ2) is 7.17. The van der Waals surface area contributed by atoms with Crippen LogP contribution < -0.4 is 5.32 Å². The van der Waals surface area contributed by atoms with E-state index < -0.39 is 0 Å². The predicted molar refractivity (Wildman–Crippen MR) is 91.0 cm³/mol. The molecular formula is C17H21N3O2S. The molecule has 1 saturated carbocycles. The van der Waals surface area contributed by atoms with Gasteiger partial charge in [0.1, 0.15) is 0 Å². The molecule has 1 unspecified atom stereocenters. The Morgan fingerprint density at radius 3 is 2.78 bits per heavy atom. The van der Waals surface area contributed by atoms with Crippen LogP contribution in [-0.4, -0.2) is 27.3 Å².